The lowest BCUT2D eigenvalue weighted by molar-refractivity contribution is -0.0415. The molecular formula is C16H30N2O3. The van der Waals surface area contributed by atoms with Crippen LogP contribution in [-0.2, 0) is 9.47 Å². The molecule has 1 heterocycles. The van der Waals surface area contributed by atoms with Crippen LogP contribution >= 0.6 is 0 Å². The van der Waals surface area contributed by atoms with Crippen molar-refractivity contribution < 1.29 is 14.3 Å². The standard InChI is InChI=1S/C16H30N2O3/c1-12-10-14(11-13(2)20-12)17-8-6-7-9-18-15(19)21-16(3,4)5/h6-7,12-14,17H,8-11H2,1-5H3,(H,18,19)/b7-6+. The van der Waals surface area contributed by atoms with E-state index in [9.17, 15) is 4.79 Å². The molecule has 5 heteroatoms. The van der Waals surface area contributed by atoms with Gasteiger partial charge in [0.25, 0.3) is 0 Å². The third kappa shape index (κ3) is 8.73. The van der Waals surface area contributed by atoms with Gasteiger partial charge in [-0.1, -0.05) is 12.2 Å². The van der Waals surface area contributed by atoms with Crippen LogP contribution in [0.5, 0.6) is 0 Å². The third-order valence-electron chi connectivity index (χ3n) is 3.15. The van der Waals surface area contributed by atoms with E-state index in [1.54, 1.807) is 0 Å². The van der Waals surface area contributed by atoms with E-state index in [1.807, 2.05) is 32.9 Å². The number of carbonyl (C=O) groups is 1. The summed E-state index contributed by atoms with van der Waals surface area (Å²) >= 11 is 0. The van der Waals surface area contributed by atoms with Crippen molar-refractivity contribution in [3.8, 4) is 0 Å². The Morgan fingerprint density at radius 1 is 1.19 bits per heavy atom. The summed E-state index contributed by atoms with van der Waals surface area (Å²) in [5, 5.41) is 6.19. The SMILES string of the molecule is CC1CC(NC/C=C/CNC(=O)OC(C)(C)C)CC(C)O1. The molecule has 0 radical (unpaired) electrons. The molecule has 21 heavy (non-hydrogen) atoms. The van der Waals surface area contributed by atoms with Crippen molar-refractivity contribution in [2.24, 2.45) is 0 Å². The fourth-order valence-electron chi connectivity index (χ4n) is 2.43. The lowest BCUT2D eigenvalue weighted by Gasteiger charge is -2.32. The molecule has 2 N–H and O–H groups in total. The lowest BCUT2D eigenvalue weighted by atomic mass is 10.00. The minimum absolute atomic E-state index is 0.323. The van der Waals surface area contributed by atoms with Crippen LogP contribution in [0.3, 0.4) is 0 Å². The molecule has 122 valence electrons. The van der Waals surface area contributed by atoms with Gasteiger partial charge in [0.2, 0.25) is 0 Å². The zero-order chi connectivity index (χ0) is 15.9. The normalized spacial score (nSPS) is 26.8. The zero-order valence-corrected chi connectivity index (χ0v) is 13.9. The topological polar surface area (TPSA) is 59.6 Å². The number of nitrogens with one attached hydrogen (secondary N) is 2. The monoisotopic (exact) mass is 298 g/mol. The van der Waals surface area contributed by atoms with E-state index in [-0.39, 0.29) is 6.09 Å². The molecule has 5 nitrogen and oxygen atoms in total. The molecule has 1 amide bonds. The summed E-state index contributed by atoms with van der Waals surface area (Å²) < 4.78 is 10.9. The van der Waals surface area contributed by atoms with E-state index >= 15 is 0 Å². The van der Waals surface area contributed by atoms with E-state index in [1.165, 1.54) is 0 Å². The predicted octanol–water partition coefficient (Wildman–Crippen LogP) is 2.61. The third-order valence-corrected chi connectivity index (χ3v) is 3.15. The first-order chi connectivity index (χ1) is 9.76. The maximum absolute atomic E-state index is 11.4. The second-order valence-corrected chi connectivity index (χ2v) is 6.69. The highest BCUT2D eigenvalue weighted by molar-refractivity contribution is 5.67. The van der Waals surface area contributed by atoms with Crippen molar-refractivity contribution in [1.29, 1.82) is 0 Å². The van der Waals surface area contributed by atoms with E-state index in [0.717, 1.165) is 19.4 Å². The van der Waals surface area contributed by atoms with E-state index in [2.05, 4.69) is 24.5 Å². The largest absolute Gasteiger partial charge is 0.444 e. The molecule has 1 rings (SSSR count). The predicted molar refractivity (Wildman–Crippen MR) is 84.4 cm³/mol. The maximum Gasteiger partial charge on any atom is 0.407 e. The molecule has 2 unspecified atom stereocenters. The summed E-state index contributed by atoms with van der Waals surface area (Å²) in [6.07, 6.45) is 6.33. The van der Waals surface area contributed by atoms with Crippen LogP contribution in [0.25, 0.3) is 0 Å². The molecule has 1 aliphatic rings. The molecular weight excluding hydrogens is 268 g/mol. The van der Waals surface area contributed by atoms with Gasteiger partial charge in [0.05, 0.1) is 12.2 Å². The van der Waals surface area contributed by atoms with E-state index in [4.69, 9.17) is 9.47 Å². The Balaban J connectivity index is 2.11. The molecule has 0 aliphatic carbocycles. The number of ether oxygens (including phenoxy) is 2. The molecule has 1 saturated heterocycles. The first-order valence-electron chi connectivity index (χ1n) is 7.77. The molecule has 0 aromatic carbocycles. The maximum atomic E-state index is 11.4. The fraction of sp³-hybridized carbons (Fsp3) is 0.812. The van der Waals surface area contributed by atoms with Crippen molar-refractivity contribution in [2.75, 3.05) is 13.1 Å². The highest BCUT2D eigenvalue weighted by Crippen LogP contribution is 2.18. The second kappa shape index (κ2) is 8.39. The minimum Gasteiger partial charge on any atom is -0.444 e. The van der Waals surface area contributed by atoms with Gasteiger partial charge in [-0.05, 0) is 47.5 Å². The first-order valence-corrected chi connectivity index (χ1v) is 7.77. The van der Waals surface area contributed by atoms with Gasteiger partial charge < -0.3 is 20.1 Å². The molecule has 0 aromatic heterocycles. The molecule has 2 atom stereocenters. The van der Waals surface area contributed by atoms with Gasteiger partial charge in [0, 0.05) is 19.1 Å². The Kier molecular flexibility index (Phi) is 7.18. The van der Waals surface area contributed by atoms with Crippen LogP contribution in [0.4, 0.5) is 4.79 Å². The molecule has 1 fully saturated rings. The quantitative estimate of drug-likeness (QED) is 0.766. The van der Waals surface area contributed by atoms with Crippen molar-refractivity contribution >= 4 is 6.09 Å². The van der Waals surface area contributed by atoms with Crippen molar-refractivity contribution in [3.63, 3.8) is 0 Å². The molecule has 0 saturated carbocycles. The Labute approximate surface area is 128 Å². The van der Waals surface area contributed by atoms with Crippen molar-refractivity contribution in [3.05, 3.63) is 12.2 Å². The van der Waals surface area contributed by atoms with E-state index in [0.29, 0.717) is 24.8 Å². The summed E-state index contributed by atoms with van der Waals surface area (Å²) in [5.74, 6) is 0. The van der Waals surface area contributed by atoms with Crippen LogP contribution < -0.4 is 10.6 Å². The van der Waals surface area contributed by atoms with Gasteiger partial charge in [-0.15, -0.1) is 0 Å². The van der Waals surface area contributed by atoms with Crippen molar-refractivity contribution in [1.82, 2.24) is 10.6 Å². The average Bonchev–Trinajstić information content (AvgIpc) is 2.30. The summed E-state index contributed by atoms with van der Waals surface area (Å²) in [6.45, 7) is 11.1. The number of amides is 1. The molecule has 0 bridgehead atoms. The van der Waals surface area contributed by atoms with Gasteiger partial charge in [-0.2, -0.15) is 0 Å². The average molecular weight is 298 g/mol. The zero-order valence-electron chi connectivity index (χ0n) is 13.9. The van der Waals surface area contributed by atoms with Gasteiger partial charge in [-0.3, -0.25) is 0 Å². The second-order valence-electron chi connectivity index (χ2n) is 6.69. The van der Waals surface area contributed by atoms with Gasteiger partial charge in [-0.25, -0.2) is 4.79 Å². The Morgan fingerprint density at radius 2 is 1.76 bits per heavy atom. The number of alkyl carbamates (subject to hydrolysis) is 1. The number of carbonyl (C=O) groups excluding carboxylic acids is 1. The highest BCUT2D eigenvalue weighted by Gasteiger charge is 2.23. The van der Waals surface area contributed by atoms with Gasteiger partial charge >= 0.3 is 6.09 Å². The minimum atomic E-state index is -0.453. The van der Waals surface area contributed by atoms with Crippen LogP contribution in [-0.4, -0.2) is 43.0 Å². The molecule has 0 aromatic rings. The van der Waals surface area contributed by atoms with Gasteiger partial charge in [0.1, 0.15) is 5.60 Å². The van der Waals surface area contributed by atoms with Crippen LogP contribution in [0, 0.1) is 0 Å². The molecule has 0 spiro atoms. The number of hydrogen-bond donors (Lipinski definition) is 2. The number of rotatable bonds is 5. The van der Waals surface area contributed by atoms with Crippen molar-refractivity contribution in [2.45, 2.75) is 71.3 Å². The summed E-state index contributed by atoms with van der Waals surface area (Å²) in [4.78, 5) is 11.4. The Hall–Kier alpha value is -1.07. The molecule has 1 aliphatic heterocycles. The summed E-state index contributed by atoms with van der Waals surface area (Å²) in [7, 11) is 0. The summed E-state index contributed by atoms with van der Waals surface area (Å²) in [6, 6.07) is 0.507. The van der Waals surface area contributed by atoms with Gasteiger partial charge in [0.15, 0.2) is 0 Å². The Bertz CT molecular complexity index is 340. The Morgan fingerprint density at radius 3 is 2.33 bits per heavy atom. The van der Waals surface area contributed by atoms with Crippen LogP contribution in [0.15, 0.2) is 12.2 Å². The lowest BCUT2D eigenvalue weighted by Crippen LogP contribution is -2.41. The first kappa shape index (κ1) is 18.0. The van der Waals surface area contributed by atoms with E-state index < -0.39 is 5.60 Å². The number of hydrogen-bond acceptors (Lipinski definition) is 4. The smallest absolute Gasteiger partial charge is 0.407 e. The summed E-state index contributed by atoms with van der Waals surface area (Å²) in [5.41, 5.74) is -0.453. The van der Waals surface area contributed by atoms with Crippen LogP contribution in [0.1, 0.15) is 47.5 Å². The highest BCUT2D eigenvalue weighted by atomic mass is 16.6. The van der Waals surface area contributed by atoms with Crippen LogP contribution in [0.2, 0.25) is 0 Å². The fourth-order valence-corrected chi connectivity index (χ4v) is 2.43.